The molecule has 0 aliphatic rings. The number of aromatic nitrogens is 1. The van der Waals surface area contributed by atoms with Crippen molar-refractivity contribution in [1.29, 1.82) is 0 Å². The lowest BCUT2D eigenvalue weighted by Crippen LogP contribution is -2.24. The van der Waals surface area contributed by atoms with E-state index in [4.69, 9.17) is 5.73 Å². The number of nitrogens with zero attached hydrogens (tertiary/aromatic N) is 1. The number of benzene rings is 1. The first-order valence-corrected chi connectivity index (χ1v) is 8.69. The Hall–Kier alpha value is -1.44. The van der Waals surface area contributed by atoms with E-state index >= 15 is 0 Å². The molecule has 0 spiro atoms. The van der Waals surface area contributed by atoms with E-state index in [2.05, 4.69) is 25.6 Å². The Bertz CT molecular complexity index is 748. The maximum atomic E-state index is 12.3. The zero-order valence-corrected chi connectivity index (χ0v) is 13.9. The van der Waals surface area contributed by atoms with E-state index < -0.39 is 10.0 Å². The standard InChI is InChI=1S/C14H16BrN3O2S/c1-2-10-4-3-7-17-14(10)9-18-21(19,20)11-5-6-13(16)12(15)8-11/h3-8,18H,2,9,16H2,1H3. The molecule has 0 aliphatic heterocycles. The van der Waals surface area contributed by atoms with Gasteiger partial charge in [-0.05, 0) is 52.2 Å². The van der Waals surface area contributed by atoms with Crippen molar-refractivity contribution in [2.24, 2.45) is 0 Å². The fourth-order valence-electron chi connectivity index (χ4n) is 1.87. The molecule has 0 amide bonds. The third-order valence-electron chi connectivity index (χ3n) is 3.08. The van der Waals surface area contributed by atoms with Gasteiger partial charge in [0.25, 0.3) is 0 Å². The number of hydrogen-bond donors (Lipinski definition) is 2. The molecule has 0 fully saturated rings. The van der Waals surface area contributed by atoms with E-state index in [-0.39, 0.29) is 11.4 Å². The van der Waals surface area contributed by atoms with Gasteiger partial charge in [0.2, 0.25) is 10.0 Å². The van der Waals surface area contributed by atoms with Gasteiger partial charge in [0.15, 0.2) is 0 Å². The van der Waals surface area contributed by atoms with Gasteiger partial charge in [0, 0.05) is 16.4 Å². The van der Waals surface area contributed by atoms with Crippen molar-refractivity contribution in [3.63, 3.8) is 0 Å². The number of nitrogens with two attached hydrogens (primary N) is 1. The molecule has 0 unspecified atom stereocenters. The number of rotatable bonds is 5. The van der Waals surface area contributed by atoms with E-state index in [0.29, 0.717) is 10.2 Å². The van der Waals surface area contributed by atoms with Gasteiger partial charge in [-0.3, -0.25) is 4.98 Å². The third kappa shape index (κ3) is 3.81. The van der Waals surface area contributed by atoms with Crippen LogP contribution in [0.25, 0.3) is 0 Å². The van der Waals surface area contributed by atoms with Gasteiger partial charge >= 0.3 is 0 Å². The summed E-state index contributed by atoms with van der Waals surface area (Å²) >= 11 is 3.23. The highest BCUT2D eigenvalue weighted by Gasteiger charge is 2.15. The van der Waals surface area contributed by atoms with Gasteiger partial charge in [-0.15, -0.1) is 0 Å². The van der Waals surface area contributed by atoms with Crippen LogP contribution in [-0.2, 0) is 23.0 Å². The highest BCUT2D eigenvalue weighted by atomic mass is 79.9. The molecule has 0 saturated carbocycles. The second kappa shape index (κ2) is 6.55. The molecule has 21 heavy (non-hydrogen) atoms. The van der Waals surface area contributed by atoms with Gasteiger partial charge in [-0.1, -0.05) is 13.0 Å². The molecule has 0 saturated heterocycles. The summed E-state index contributed by atoms with van der Waals surface area (Å²) in [6.07, 6.45) is 2.46. The summed E-state index contributed by atoms with van der Waals surface area (Å²) in [6, 6.07) is 8.29. The molecule has 1 aromatic carbocycles. The maximum Gasteiger partial charge on any atom is 0.240 e. The predicted molar refractivity (Wildman–Crippen MR) is 86.2 cm³/mol. The number of nitrogen functional groups attached to an aromatic ring is 1. The van der Waals surface area contributed by atoms with Gasteiger partial charge in [-0.2, -0.15) is 0 Å². The van der Waals surface area contributed by atoms with Crippen LogP contribution in [0.1, 0.15) is 18.2 Å². The van der Waals surface area contributed by atoms with Crippen molar-refractivity contribution < 1.29 is 8.42 Å². The number of sulfonamides is 1. The van der Waals surface area contributed by atoms with E-state index in [1.165, 1.54) is 12.1 Å². The van der Waals surface area contributed by atoms with Crippen molar-refractivity contribution in [2.75, 3.05) is 5.73 Å². The number of nitrogens with one attached hydrogen (secondary N) is 1. The Morgan fingerprint density at radius 2 is 2.10 bits per heavy atom. The normalized spacial score (nSPS) is 11.5. The van der Waals surface area contributed by atoms with Gasteiger partial charge in [0.1, 0.15) is 0 Å². The van der Waals surface area contributed by atoms with Crippen LogP contribution < -0.4 is 10.5 Å². The maximum absolute atomic E-state index is 12.3. The molecular weight excluding hydrogens is 354 g/mol. The molecule has 0 radical (unpaired) electrons. The zero-order valence-electron chi connectivity index (χ0n) is 11.5. The van der Waals surface area contributed by atoms with Crippen LogP contribution >= 0.6 is 15.9 Å². The summed E-state index contributed by atoms with van der Waals surface area (Å²) in [5.74, 6) is 0. The van der Waals surface area contributed by atoms with Crippen LogP contribution in [0.2, 0.25) is 0 Å². The van der Waals surface area contributed by atoms with Crippen LogP contribution in [0.4, 0.5) is 5.69 Å². The van der Waals surface area contributed by atoms with Gasteiger partial charge < -0.3 is 5.73 Å². The van der Waals surface area contributed by atoms with E-state index in [0.717, 1.165) is 17.7 Å². The molecule has 2 aromatic rings. The van der Waals surface area contributed by atoms with E-state index in [9.17, 15) is 8.42 Å². The van der Waals surface area contributed by atoms with Crippen LogP contribution in [0.15, 0.2) is 45.9 Å². The van der Waals surface area contributed by atoms with E-state index in [1.807, 2.05) is 19.1 Å². The van der Waals surface area contributed by atoms with Crippen molar-refractivity contribution >= 4 is 31.6 Å². The Kier molecular flexibility index (Phi) is 4.97. The molecule has 0 atom stereocenters. The molecular formula is C14H16BrN3O2S. The van der Waals surface area contributed by atoms with Crippen molar-refractivity contribution in [2.45, 2.75) is 24.8 Å². The average molecular weight is 370 g/mol. The summed E-state index contributed by atoms with van der Waals surface area (Å²) in [4.78, 5) is 4.39. The van der Waals surface area contributed by atoms with Crippen LogP contribution in [-0.4, -0.2) is 13.4 Å². The third-order valence-corrected chi connectivity index (χ3v) is 5.16. The first-order chi connectivity index (χ1) is 9.94. The summed E-state index contributed by atoms with van der Waals surface area (Å²) < 4.78 is 27.7. The molecule has 7 heteroatoms. The second-order valence-electron chi connectivity index (χ2n) is 4.47. The van der Waals surface area contributed by atoms with Crippen LogP contribution in [0.5, 0.6) is 0 Å². The molecule has 2 rings (SSSR count). The lowest BCUT2D eigenvalue weighted by molar-refractivity contribution is 0.580. The summed E-state index contributed by atoms with van der Waals surface area (Å²) in [6.45, 7) is 2.17. The first-order valence-electron chi connectivity index (χ1n) is 6.41. The highest BCUT2D eigenvalue weighted by molar-refractivity contribution is 9.10. The van der Waals surface area contributed by atoms with Crippen molar-refractivity contribution in [3.05, 3.63) is 52.3 Å². The fourth-order valence-corrected chi connectivity index (χ4v) is 3.42. The Morgan fingerprint density at radius 3 is 2.76 bits per heavy atom. The van der Waals surface area contributed by atoms with Gasteiger partial charge in [-0.25, -0.2) is 13.1 Å². The topological polar surface area (TPSA) is 85.1 Å². The van der Waals surface area contributed by atoms with Crippen LogP contribution in [0, 0.1) is 0 Å². The molecule has 1 heterocycles. The minimum Gasteiger partial charge on any atom is -0.398 e. The highest BCUT2D eigenvalue weighted by Crippen LogP contribution is 2.23. The number of aryl methyl sites for hydroxylation is 1. The summed E-state index contributed by atoms with van der Waals surface area (Å²) in [5.41, 5.74) is 7.92. The number of halogens is 1. The first kappa shape index (κ1) is 15.9. The second-order valence-corrected chi connectivity index (χ2v) is 7.09. The smallest absolute Gasteiger partial charge is 0.240 e. The molecule has 1 aromatic heterocycles. The molecule has 0 bridgehead atoms. The fraction of sp³-hybridized carbons (Fsp3) is 0.214. The molecule has 3 N–H and O–H groups in total. The zero-order chi connectivity index (χ0) is 15.5. The van der Waals surface area contributed by atoms with E-state index in [1.54, 1.807) is 12.3 Å². The number of pyridine rings is 1. The summed E-state index contributed by atoms with van der Waals surface area (Å²) in [7, 11) is -3.60. The monoisotopic (exact) mass is 369 g/mol. The van der Waals surface area contributed by atoms with Crippen molar-refractivity contribution in [1.82, 2.24) is 9.71 Å². The summed E-state index contributed by atoms with van der Waals surface area (Å²) in [5, 5.41) is 0. The SMILES string of the molecule is CCc1cccnc1CNS(=O)(=O)c1ccc(N)c(Br)c1. The quantitative estimate of drug-likeness (QED) is 0.792. The lowest BCUT2D eigenvalue weighted by atomic mass is 10.1. The molecule has 0 aliphatic carbocycles. The minimum atomic E-state index is -3.60. The Morgan fingerprint density at radius 1 is 1.33 bits per heavy atom. The van der Waals surface area contributed by atoms with Crippen molar-refractivity contribution in [3.8, 4) is 0 Å². The predicted octanol–water partition coefficient (Wildman–Crippen LogP) is 2.47. The Balaban J connectivity index is 2.20. The number of hydrogen-bond acceptors (Lipinski definition) is 4. The average Bonchev–Trinajstić information content (AvgIpc) is 2.48. The van der Waals surface area contributed by atoms with Gasteiger partial charge in [0.05, 0.1) is 17.1 Å². The molecule has 5 nitrogen and oxygen atoms in total. The lowest BCUT2D eigenvalue weighted by Gasteiger charge is -2.10. The molecule has 112 valence electrons. The van der Waals surface area contributed by atoms with Crippen LogP contribution in [0.3, 0.4) is 0 Å². The largest absolute Gasteiger partial charge is 0.398 e. The minimum absolute atomic E-state index is 0.161. The number of anilines is 1. The Labute approximate surface area is 132 Å².